The Morgan fingerprint density at radius 1 is 1.27 bits per heavy atom. The molecule has 1 aromatic carbocycles. The SMILES string of the molecule is COCC(=O)N1CCO[C@](Cc2cccc(-c3cccnc3)c2)(C(=O)NC2CC2)C1. The molecule has 1 aromatic heterocycles. The van der Waals surface area contributed by atoms with E-state index in [1.165, 1.54) is 7.11 Å². The van der Waals surface area contributed by atoms with Gasteiger partial charge in [0.15, 0.2) is 5.60 Å². The van der Waals surface area contributed by atoms with Crippen LogP contribution in [0.5, 0.6) is 0 Å². The van der Waals surface area contributed by atoms with E-state index in [2.05, 4.69) is 16.4 Å². The maximum absolute atomic E-state index is 13.2. The van der Waals surface area contributed by atoms with E-state index in [0.29, 0.717) is 19.6 Å². The van der Waals surface area contributed by atoms with E-state index in [1.54, 1.807) is 11.1 Å². The van der Waals surface area contributed by atoms with Crippen molar-refractivity contribution in [3.8, 4) is 11.1 Å². The summed E-state index contributed by atoms with van der Waals surface area (Å²) in [6.07, 6.45) is 5.93. The topological polar surface area (TPSA) is 80.8 Å². The van der Waals surface area contributed by atoms with Crippen molar-refractivity contribution in [2.24, 2.45) is 0 Å². The molecule has 1 saturated heterocycles. The number of methoxy groups -OCH3 is 1. The van der Waals surface area contributed by atoms with Gasteiger partial charge in [-0.05, 0) is 35.6 Å². The summed E-state index contributed by atoms with van der Waals surface area (Å²) in [5.41, 5.74) is 1.90. The second-order valence-electron chi connectivity index (χ2n) is 7.96. The highest BCUT2D eigenvalue weighted by Crippen LogP contribution is 2.29. The van der Waals surface area contributed by atoms with E-state index in [1.807, 2.05) is 36.5 Å². The number of hydrogen-bond acceptors (Lipinski definition) is 5. The number of aromatic nitrogens is 1. The van der Waals surface area contributed by atoms with Crippen molar-refractivity contribution in [1.29, 1.82) is 0 Å². The molecule has 4 rings (SSSR count). The maximum atomic E-state index is 13.2. The highest BCUT2D eigenvalue weighted by molar-refractivity contribution is 5.88. The van der Waals surface area contributed by atoms with Gasteiger partial charge < -0.3 is 19.7 Å². The highest BCUT2D eigenvalue weighted by Gasteiger charge is 2.46. The number of morpholine rings is 1. The fourth-order valence-corrected chi connectivity index (χ4v) is 3.81. The van der Waals surface area contributed by atoms with Crippen molar-refractivity contribution < 1.29 is 19.1 Å². The van der Waals surface area contributed by atoms with Gasteiger partial charge in [0.2, 0.25) is 5.91 Å². The van der Waals surface area contributed by atoms with Crippen molar-refractivity contribution >= 4 is 11.8 Å². The van der Waals surface area contributed by atoms with Crippen LogP contribution in [-0.2, 0) is 25.5 Å². The van der Waals surface area contributed by atoms with Gasteiger partial charge in [0, 0.05) is 38.5 Å². The molecule has 2 amide bonds. The van der Waals surface area contributed by atoms with Crippen LogP contribution in [0.25, 0.3) is 11.1 Å². The molecule has 7 heteroatoms. The van der Waals surface area contributed by atoms with Gasteiger partial charge in [-0.15, -0.1) is 0 Å². The smallest absolute Gasteiger partial charge is 0.254 e. The first-order valence-electron chi connectivity index (χ1n) is 10.3. The van der Waals surface area contributed by atoms with Crippen molar-refractivity contribution in [3.63, 3.8) is 0 Å². The van der Waals surface area contributed by atoms with Crippen LogP contribution in [0, 0.1) is 0 Å². The summed E-state index contributed by atoms with van der Waals surface area (Å²) in [7, 11) is 1.50. The van der Waals surface area contributed by atoms with E-state index in [-0.39, 0.29) is 31.0 Å². The Labute approximate surface area is 176 Å². The number of hydrogen-bond donors (Lipinski definition) is 1. The van der Waals surface area contributed by atoms with Crippen LogP contribution >= 0.6 is 0 Å². The Balaban J connectivity index is 1.60. The monoisotopic (exact) mass is 409 g/mol. The van der Waals surface area contributed by atoms with Crippen molar-refractivity contribution in [1.82, 2.24) is 15.2 Å². The number of benzene rings is 1. The second kappa shape index (κ2) is 8.93. The Morgan fingerprint density at radius 2 is 2.10 bits per heavy atom. The van der Waals surface area contributed by atoms with Gasteiger partial charge in [-0.2, -0.15) is 0 Å². The normalized spacial score (nSPS) is 21.3. The first kappa shape index (κ1) is 20.5. The van der Waals surface area contributed by atoms with Crippen molar-refractivity contribution in [2.75, 3.05) is 33.4 Å². The zero-order chi connectivity index (χ0) is 21.0. The van der Waals surface area contributed by atoms with Crippen LogP contribution in [0.3, 0.4) is 0 Å². The zero-order valence-corrected chi connectivity index (χ0v) is 17.2. The molecule has 0 bridgehead atoms. The van der Waals surface area contributed by atoms with E-state index in [4.69, 9.17) is 9.47 Å². The standard InChI is InChI=1S/C23H27N3O4/c1-29-15-21(27)26-10-11-30-23(16-26,22(28)25-20-7-8-20)13-17-4-2-5-18(12-17)19-6-3-9-24-14-19/h2-6,9,12,14,20H,7-8,10-11,13,15-16H2,1H3,(H,25,28)/t23-/m0/s1. The lowest BCUT2D eigenvalue weighted by Gasteiger charge is -2.41. The van der Waals surface area contributed by atoms with Gasteiger partial charge in [0.25, 0.3) is 5.91 Å². The van der Waals surface area contributed by atoms with E-state index in [0.717, 1.165) is 29.5 Å². The Kier molecular flexibility index (Phi) is 6.11. The molecule has 1 atom stereocenters. The summed E-state index contributed by atoms with van der Waals surface area (Å²) >= 11 is 0. The molecule has 1 N–H and O–H groups in total. The number of carbonyl (C=O) groups excluding carboxylic acids is 2. The molecule has 1 aliphatic heterocycles. The number of rotatable bonds is 7. The lowest BCUT2D eigenvalue weighted by atomic mass is 9.89. The summed E-state index contributed by atoms with van der Waals surface area (Å²) in [5, 5.41) is 3.08. The third-order valence-electron chi connectivity index (χ3n) is 5.54. The molecule has 1 aliphatic carbocycles. The van der Waals surface area contributed by atoms with E-state index >= 15 is 0 Å². The third-order valence-corrected chi connectivity index (χ3v) is 5.54. The number of carbonyl (C=O) groups is 2. The maximum Gasteiger partial charge on any atom is 0.254 e. The molecule has 0 unspecified atom stereocenters. The average Bonchev–Trinajstić information content (AvgIpc) is 3.59. The molecule has 158 valence electrons. The minimum absolute atomic E-state index is 0.00316. The number of nitrogens with one attached hydrogen (secondary N) is 1. The lowest BCUT2D eigenvalue weighted by molar-refractivity contribution is -0.167. The van der Waals surface area contributed by atoms with Crippen LogP contribution < -0.4 is 5.32 Å². The van der Waals surface area contributed by atoms with Crippen LogP contribution in [-0.4, -0.2) is 66.8 Å². The molecule has 0 radical (unpaired) electrons. The Hall–Kier alpha value is -2.77. The molecule has 2 heterocycles. The highest BCUT2D eigenvalue weighted by atomic mass is 16.5. The number of amides is 2. The fourth-order valence-electron chi connectivity index (χ4n) is 3.81. The van der Waals surface area contributed by atoms with Crippen molar-refractivity contribution in [3.05, 3.63) is 54.4 Å². The second-order valence-corrected chi connectivity index (χ2v) is 7.96. The summed E-state index contributed by atoms with van der Waals surface area (Å²) in [6, 6.07) is 12.2. The number of pyridine rings is 1. The molecule has 0 spiro atoms. The van der Waals surface area contributed by atoms with Gasteiger partial charge in [-0.25, -0.2) is 0 Å². The van der Waals surface area contributed by atoms with Gasteiger partial charge >= 0.3 is 0 Å². The molecular formula is C23H27N3O4. The zero-order valence-electron chi connectivity index (χ0n) is 17.2. The third kappa shape index (κ3) is 4.68. The van der Waals surface area contributed by atoms with E-state index in [9.17, 15) is 9.59 Å². The average molecular weight is 409 g/mol. The molecule has 30 heavy (non-hydrogen) atoms. The minimum Gasteiger partial charge on any atom is -0.375 e. The van der Waals surface area contributed by atoms with Crippen LogP contribution in [0.1, 0.15) is 18.4 Å². The summed E-state index contributed by atoms with van der Waals surface area (Å²) in [5.74, 6) is -0.278. The molecule has 2 aliphatic rings. The molecule has 7 nitrogen and oxygen atoms in total. The lowest BCUT2D eigenvalue weighted by Crippen LogP contribution is -2.62. The van der Waals surface area contributed by atoms with Gasteiger partial charge in [0.1, 0.15) is 6.61 Å². The van der Waals surface area contributed by atoms with Crippen molar-refractivity contribution in [2.45, 2.75) is 30.9 Å². The van der Waals surface area contributed by atoms with Crippen LogP contribution in [0.2, 0.25) is 0 Å². The molecule has 2 fully saturated rings. The molecular weight excluding hydrogens is 382 g/mol. The molecule has 1 saturated carbocycles. The largest absolute Gasteiger partial charge is 0.375 e. The first-order valence-corrected chi connectivity index (χ1v) is 10.3. The number of ether oxygens (including phenoxy) is 2. The Bertz CT molecular complexity index is 900. The first-order chi connectivity index (χ1) is 14.6. The predicted molar refractivity (Wildman–Crippen MR) is 112 cm³/mol. The van der Waals surface area contributed by atoms with Crippen LogP contribution in [0.15, 0.2) is 48.8 Å². The predicted octanol–water partition coefficient (Wildman–Crippen LogP) is 1.81. The Morgan fingerprint density at radius 3 is 2.83 bits per heavy atom. The minimum atomic E-state index is -1.11. The summed E-state index contributed by atoms with van der Waals surface area (Å²) < 4.78 is 11.1. The van der Waals surface area contributed by atoms with Gasteiger partial charge in [-0.1, -0.05) is 30.3 Å². The van der Waals surface area contributed by atoms with Gasteiger partial charge in [-0.3, -0.25) is 14.6 Å². The van der Waals surface area contributed by atoms with E-state index < -0.39 is 5.60 Å². The summed E-state index contributed by atoms with van der Waals surface area (Å²) in [4.78, 5) is 31.5. The quantitative estimate of drug-likeness (QED) is 0.755. The van der Waals surface area contributed by atoms with Crippen LogP contribution in [0.4, 0.5) is 0 Å². The fraction of sp³-hybridized carbons (Fsp3) is 0.435. The summed E-state index contributed by atoms with van der Waals surface area (Å²) in [6.45, 7) is 0.980. The molecule has 2 aromatic rings. The van der Waals surface area contributed by atoms with Gasteiger partial charge in [0.05, 0.1) is 13.2 Å². The number of nitrogens with zero attached hydrogens (tertiary/aromatic N) is 2.